The molecule has 136 valence electrons. The lowest BCUT2D eigenvalue weighted by Gasteiger charge is -2.05. The first kappa shape index (κ1) is 18.5. The molecule has 3 aromatic rings. The number of benzene rings is 1. The van der Waals surface area contributed by atoms with E-state index in [9.17, 15) is 18.4 Å². The number of hydrogen-bond acceptors (Lipinski definition) is 6. The number of esters is 1. The van der Waals surface area contributed by atoms with Gasteiger partial charge in [-0.05, 0) is 37.6 Å². The monoisotopic (exact) mass is 396 g/mol. The number of rotatable bonds is 5. The zero-order valence-electron chi connectivity index (χ0n) is 13.9. The second kappa shape index (κ2) is 7.55. The van der Waals surface area contributed by atoms with Gasteiger partial charge in [-0.2, -0.15) is 0 Å². The Balaban J connectivity index is 1.63. The Labute approximate surface area is 155 Å². The Bertz CT molecular complexity index is 1050. The molecule has 26 heavy (non-hydrogen) atoms. The Kier molecular flexibility index (Phi) is 5.38. The van der Waals surface area contributed by atoms with E-state index >= 15 is 0 Å². The summed E-state index contributed by atoms with van der Waals surface area (Å²) in [6, 6.07) is 3.02. The minimum atomic E-state index is -0.625. The maximum Gasteiger partial charge on any atom is 0.316 e. The fourth-order valence-electron chi connectivity index (χ4n) is 2.28. The van der Waals surface area contributed by atoms with E-state index in [1.807, 2.05) is 13.8 Å². The highest BCUT2D eigenvalue weighted by molar-refractivity contribution is 8.00. The Morgan fingerprint density at radius 1 is 1.35 bits per heavy atom. The molecule has 5 nitrogen and oxygen atoms in total. The van der Waals surface area contributed by atoms with Gasteiger partial charge in [-0.1, -0.05) is 0 Å². The Morgan fingerprint density at radius 2 is 2.12 bits per heavy atom. The van der Waals surface area contributed by atoms with Crippen LogP contribution < -0.4 is 5.56 Å². The molecule has 9 heteroatoms. The molecule has 0 fully saturated rings. The van der Waals surface area contributed by atoms with Crippen molar-refractivity contribution in [2.24, 2.45) is 0 Å². The van der Waals surface area contributed by atoms with Crippen LogP contribution in [0, 0.1) is 25.5 Å². The summed E-state index contributed by atoms with van der Waals surface area (Å²) in [6.07, 6.45) is 0. The molecule has 2 aromatic heterocycles. The van der Waals surface area contributed by atoms with E-state index in [0.29, 0.717) is 10.2 Å². The van der Waals surface area contributed by atoms with E-state index in [4.69, 9.17) is 4.74 Å². The Morgan fingerprint density at radius 3 is 2.88 bits per heavy atom. The van der Waals surface area contributed by atoms with Crippen molar-refractivity contribution in [3.8, 4) is 0 Å². The smallest absolute Gasteiger partial charge is 0.316 e. The maximum atomic E-state index is 13.5. The van der Waals surface area contributed by atoms with Crippen LogP contribution in [-0.2, 0) is 16.1 Å². The standard InChI is InChI=1S/C17H14F2N2O3S2/c1-8-9(2)26-17-15(8)16(23)20-13(21-17)6-24-14(22)7-25-12-5-10(18)3-4-11(12)19/h3-5H,6-7H2,1-2H3,(H,20,21,23). The number of H-pyrrole nitrogens is 1. The van der Waals surface area contributed by atoms with Gasteiger partial charge in [-0.15, -0.1) is 23.1 Å². The summed E-state index contributed by atoms with van der Waals surface area (Å²) < 4.78 is 31.7. The van der Waals surface area contributed by atoms with Crippen molar-refractivity contribution in [1.29, 1.82) is 0 Å². The van der Waals surface area contributed by atoms with Crippen LogP contribution in [-0.4, -0.2) is 21.7 Å². The van der Waals surface area contributed by atoms with Crippen LogP contribution in [0.2, 0.25) is 0 Å². The number of thioether (sulfide) groups is 1. The lowest BCUT2D eigenvalue weighted by Crippen LogP contribution is -2.15. The number of ether oxygens (including phenoxy) is 1. The van der Waals surface area contributed by atoms with Crippen molar-refractivity contribution in [2.45, 2.75) is 25.3 Å². The summed E-state index contributed by atoms with van der Waals surface area (Å²) in [5.41, 5.74) is 0.606. The van der Waals surface area contributed by atoms with E-state index in [0.717, 1.165) is 40.4 Å². The van der Waals surface area contributed by atoms with Gasteiger partial charge in [0.2, 0.25) is 0 Å². The van der Waals surface area contributed by atoms with E-state index in [1.165, 1.54) is 11.3 Å². The number of carbonyl (C=O) groups excluding carboxylic acids is 1. The van der Waals surface area contributed by atoms with E-state index < -0.39 is 17.6 Å². The first-order valence-corrected chi connectivity index (χ1v) is 9.37. The summed E-state index contributed by atoms with van der Waals surface area (Å²) in [5.74, 6) is -1.77. The molecule has 1 N–H and O–H groups in total. The topological polar surface area (TPSA) is 72.0 Å². The predicted octanol–water partition coefficient (Wildman–Crippen LogP) is 3.72. The van der Waals surface area contributed by atoms with Gasteiger partial charge in [-0.25, -0.2) is 13.8 Å². The third-order valence-corrected chi connectivity index (χ3v) is 5.80. The van der Waals surface area contributed by atoms with E-state index in [1.54, 1.807) is 0 Å². The maximum absolute atomic E-state index is 13.5. The van der Waals surface area contributed by atoms with Crippen molar-refractivity contribution >= 4 is 39.3 Å². The van der Waals surface area contributed by atoms with Crippen molar-refractivity contribution in [3.63, 3.8) is 0 Å². The van der Waals surface area contributed by atoms with Gasteiger partial charge in [0, 0.05) is 9.77 Å². The molecule has 2 heterocycles. The molecule has 0 bridgehead atoms. The summed E-state index contributed by atoms with van der Waals surface area (Å²) in [6.45, 7) is 3.56. The van der Waals surface area contributed by atoms with Gasteiger partial charge in [0.15, 0.2) is 0 Å². The number of hydrogen-bond donors (Lipinski definition) is 1. The second-order valence-electron chi connectivity index (χ2n) is 5.50. The summed E-state index contributed by atoms with van der Waals surface area (Å²) in [4.78, 5) is 32.5. The summed E-state index contributed by atoms with van der Waals surface area (Å²) >= 11 is 2.23. The number of aryl methyl sites for hydroxylation is 2. The Hall–Kier alpha value is -2.26. The lowest BCUT2D eigenvalue weighted by atomic mass is 10.2. The minimum Gasteiger partial charge on any atom is -0.457 e. The molecule has 0 saturated carbocycles. The SMILES string of the molecule is Cc1sc2nc(COC(=O)CSc3cc(F)ccc3F)[nH]c(=O)c2c1C. The first-order chi connectivity index (χ1) is 12.3. The van der Waals surface area contributed by atoms with Crippen LogP contribution in [0.15, 0.2) is 27.9 Å². The van der Waals surface area contributed by atoms with Crippen molar-refractivity contribution in [1.82, 2.24) is 9.97 Å². The number of aromatic nitrogens is 2. The van der Waals surface area contributed by atoms with Crippen LogP contribution in [0.3, 0.4) is 0 Å². The highest BCUT2D eigenvalue weighted by atomic mass is 32.2. The third kappa shape index (κ3) is 3.94. The first-order valence-electron chi connectivity index (χ1n) is 7.57. The molecule has 0 spiro atoms. The zero-order chi connectivity index (χ0) is 18.8. The highest BCUT2D eigenvalue weighted by Gasteiger charge is 2.13. The van der Waals surface area contributed by atoms with Crippen molar-refractivity contribution < 1.29 is 18.3 Å². The molecular weight excluding hydrogens is 382 g/mol. The quantitative estimate of drug-likeness (QED) is 0.526. The molecule has 0 atom stereocenters. The number of thiophene rings is 1. The number of halogens is 2. The van der Waals surface area contributed by atoms with Gasteiger partial charge in [0.25, 0.3) is 5.56 Å². The molecule has 3 rings (SSSR count). The highest BCUT2D eigenvalue weighted by Crippen LogP contribution is 2.26. The zero-order valence-corrected chi connectivity index (χ0v) is 15.5. The van der Waals surface area contributed by atoms with Crippen molar-refractivity contribution in [2.75, 3.05) is 5.75 Å². The molecule has 0 aliphatic heterocycles. The largest absolute Gasteiger partial charge is 0.457 e. The number of carbonyl (C=O) groups is 1. The third-order valence-electron chi connectivity index (χ3n) is 3.70. The van der Waals surface area contributed by atoms with Crippen LogP contribution >= 0.6 is 23.1 Å². The van der Waals surface area contributed by atoms with Gasteiger partial charge in [0.05, 0.1) is 11.1 Å². The van der Waals surface area contributed by atoms with Gasteiger partial charge in [0.1, 0.15) is 28.9 Å². The second-order valence-corrected chi connectivity index (χ2v) is 7.72. The molecule has 1 aromatic carbocycles. The molecule has 0 aliphatic carbocycles. The fraction of sp³-hybridized carbons (Fsp3) is 0.235. The van der Waals surface area contributed by atoms with E-state index in [2.05, 4.69) is 9.97 Å². The van der Waals surface area contributed by atoms with Gasteiger partial charge >= 0.3 is 5.97 Å². The van der Waals surface area contributed by atoms with Gasteiger partial charge < -0.3 is 9.72 Å². The fourth-order valence-corrected chi connectivity index (χ4v) is 4.09. The predicted molar refractivity (Wildman–Crippen MR) is 96.6 cm³/mol. The number of fused-ring (bicyclic) bond motifs is 1. The number of nitrogens with zero attached hydrogens (tertiary/aromatic N) is 1. The molecule has 0 unspecified atom stereocenters. The molecule has 0 saturated heterocycles. The lowest BCUT2D eigenvalue weighted by molar-refractivity contribution is -0.141. The minimum absolute atomic E-state index is 0.0273. The number of nitrogens with one attached hydrogen (secondary N) is 1. The van der Waals surface area contributed by atoms with Crippen molar-refractivity contribution in [3.05, 3.63) is 56.5 Å². The summed E-state index contributed by atoms with van der Waals surface area (Å²) in [5, 5.41) is 0.541. The molecule has 0 radical (unpaired) electrons. The average molecular weight is 396 g/mol. The van der Waals surface area contributed by atoms with Crippen LogP contribution in [0.25, 0.3) is 10.2 Å². The van der Waals surface area contributed by atoms with Gasteiger partial charge in [-0.3, -0.25) is 9.59 Å². The van der Waals surface area contributed by atoms with Crippen LogP contribution in [0.4, 0.5) is 8.78 Å². The normalized spacial score (nSPS) is 11.1. The van der Waals surface area contributed by atoms with Crippen LogP contribution in [0.1, 0.15) is 16.3 Å². The summed E-state index contributed by atoms with van der Waals surface area (Å²) in [7, 11) is 0. The molecule has 0 aliphatic rings. The average Bonchev–Trinajstić information content (AvgIpc) is 2.88. The molecular formula is C17H14F2N2O3S2. The van der Waals surface area contributed by atoms with E-state index in [-0.39, 0.29) is 28.6 Å². The number of aromatic amines is 1. The van der Waals surface area contributed by atoms with Crippen LogP contribution in [0.5, 0.6) is 0 Å². The molecule has 0 amide bonds.